The van der Waals surface area contributed by atoms with Gasteiger partial charge in [0, 0.05) is 31.7 Å². The van der Waals surface area contributed by atoms with Crippen LogP contribution in [0.15, 0.2) is 83.8 Å². The molecule has 6 rings (SSSR count). The van der Waals surface area contributed by atoms with E-state index in [0.717, 1.165) is 71.8 Å². The highest BCUT2D eigenvalue weighted by molar-refractivity contribution is 8.26. The number of carbonyl (C=O) groups is 2. The van der Waals surface area contributed by atoms with Crippen molar-refractivity contribution >= 4 is 57.0 Å². The van der Waals surface area contributed by atoms with Crippen molar-refractivity contribution < 1.29 is 33.6 Å². The van der Waals surface area contributed by atoms with Gasteiger partial charge in [0.15, 0.2) is 0 Å². The molecule has 0 spiro atoms. The molecule has 0 unspecified atom stereocenters. The van der Waals surface area contributed by atoms with Gasteiger partial charge in [-0.05, 0) is 89.0 Å². The van der Waals surface area contributed by atoms with E-state index in [-0.39, 0.29) is 11.5 Å². The van der Waals surface area contributed by atoms with Gasteiger partial charge in [0.2, 0.25) is 0 Å². The van der Waals surface area contributed by atoms with Crippen LogP contribution in [-0.2, 0) is 9.53 Å². The minimum Gasteiger partial charge on any atom is -0.497 e. The second-order valence-electron chi connectivity index (χ2n) is 11.4. The van der Waals surface area contributed by atoms with Crippen LogP contribution in [0.1, 0.15) is 22.3 Å². The first-order chi connectivity index (χ1) is 23.4. The molecule has 0 atom stereocenters. The van der Waals surface area contributed by atoms with E-state index < -0.39 is 5.97 Å². The Morgan fingerprint density at radius 1 is 0.917 bits per heavy atom. The minimum atomic E-state index is -0.987. The van der Waals surface area contributed by atoms with Crippen molar-refractivity contribution in [1.82, 2.24) is 9.80 Å². The minimum absolute atomic E-state index is 0.136. The zero-order valence-electron chi connectivity index (χ0n) is 26.6. The number of nitrogens with zero attached hydrogens (tertiary/aromatic N) is 2. The highest BCUT2D eigenvalue weighted by atomic mass is 32.2. The number of carbonyl (C=O) groups excluding carboxylic acids is 1. The number of thioether (sulfide) groups is 1. The highest BCUT2D eigenvalue weighted by Crippen LogP contribution is 2.37. The Kier molecular flexibility index (Phi) is 10.9. The number of carboxylic acid groups (broad SMARTS) is 1. The van der Waals surface area contributed by atoms with Gasteiger partial charge in [0.25, 0.3) is 5.91 Å². The first-order valence-corrected chi connectivity index (χ1v) is 17.0. The summed E-state index contributed by atoms with van der Waals surface area (Å²) in [5, 5.41) is 11.2. The molecule has 4 aromatic rings. The fourth-order valence-corrected chi connectivity index (χ4v) is 6.88. The number of amides is 1. The third-order valence-electron chi connectivity index (χ3n) is 8.20. The Hall–Kier alpha value is -4.42. The molecule has 0 aliphatic carbocycles. The van der Waals surface area contributed by atoms with E-state index in [2.05, 4.69) is 29.2 Å². The van der Waals surface area contributed by atoms with Crippen LogP contribution in [0.25, 0.3) is 28.0 Å². The number of ether oxygens (including phenoxy) is 4. The van der Waals surface area contributed by atoms with Crippen molar-refractivity contribution in [2.75, 3.05) is 59.7 Å². The predicted octanol–water partition coefficient (Wildman–Crippen LogP) is 6.59. The summed E-state index contributed by atoms with van der Waals surface area (Å²) in [6.45, 7) is 5.42. The molecule has 2 aliphatic rings. The monoisotopic (exact) mass is 684 g/mol. The van der Waals surface area contributed by atoms with Crippen LogP contribution in [0.5, 0.6) is 17.2 Å². The molecule has 1 N–H and O–H groups in total. The molecule has 248 valence electrons. The Bertz CT molecular complexity index is 1840. The molecular weight excluding hydrogens is 649 g/mol. The van der Waals surface area contributed by atoms with Gasteiger partial charge in [-0.2, -0.15) is 0 Å². The van der Waals surface area contributed by atoms with E-state index in [1.807, 2.05) is 36.4 Å². The van der Waals surface area contributed by atoms with Crippen LogP contribution >= 0.6 is 24.0 Å². The summed E-state index contributed by atoms with van der Waals surface area (Å²) < 4.78 is 23.5. The molecule has 11 heteroatoms. The molecule has 2 saturated heterocycles. The first-order valence-electron chi connectivity index (χ1n) is 15.7. The fourth-order valence-electron chi connectivity index (χ4n) is 5.57. The number of fused-ring (bicyclic) bond motifs is 1. The summed E-state index contributed by atoms with van der Waals surface area (Å²) in [4.78, 5) is 29.0. The average Bonchev–Trinajstić information content (AvgIpc) is 3.37. The van der Waals surface area contributed by atoms with Crippen LogP contribution in [0.4, 0.5) is 0 Å². The first kappa shape index (κ1) is 33.5. The molecule has 0 bridgehead atoms. The fraction of sp³-hybridized carbons (Fsp3) is 0.270. The van der Waals surface area contributed by atoms with Crippen molar-refractivity contribution in [2.45, 2.75) is 6.42 Å². The Morgan fingerprint density at radius 2 is 1.67 bits per heavy atom. The number of morpholine rings is 1. The van der Waals surface area contributed by atoms with Crippen molar-refractivity contribution in [1.29, 1.82) is 0 Å². The number of aromatic carboxylic acids is 1. The van der Waals surface area contributed by atoms with Gasteiger partial charge >= 0.3 is 5.97 Å². The molecular formula is C37H36N2O7S2. The second-order valence-corrected chi connectivity index (χ2v) is 13.0. The van der Waals surface area contributed by atoms with E-state index >= 15 is 0 Å². The SMILES string of the molecule is COc1ccc2cc(-c3cc(/C=C4\SC(=S)N(CCCOc5ccc(C(=O)O)cc5)C4=O)ccc3OCCN3CCOCC3)ccc2c1. The molecule has 2 fully saturated rings. The van der Waals surface area contributed by atoms with Gasteiger partial charge in [-0.25, -0.2) is 4.79 Å². The van der Waals surface area contributed by atoms with Gasteiger partial charge < -0.3 is 24.1 Å². The standard InChI is InChI=1S/C37H36N2O7S2/c1-43-31-11-8-27-23-29(5-4-28(27)24-31)32-21-25(3-12-33(32)46-20-16-38-14-18-44-19-15-38)22-34-35(40)39(37(47)48-34)13-2-17-45-30-9-6-26(7-10-30)36(41)42/h3-12,21-24H,2,13-20H2,1H3,(H,41,42)/b34-22-. The molecule has 0 aromatic heterocycles. The maximum Gasteiger partial charge on any atom is 0.335 e. The van der Waals surface area contributed by atoms with Gasteiger partial charge in [-0.15, -0.1) is 0 Å². The molecule has 9 nitrogen and oxygen atoms in total. The number of benzene rings is 4. The van der Waals surface area contributed by atoms with Crippen LogP contribution in [-0.4, -0.2) is 90.8 Å². The van der Waals surface area contributed by atoms with E-state index in [4.69, 9.17) is 36.3 Å². The molecule has 0 radical (unpaired) electrons. The quantitative estimate of drug-likeness (QED) is 0.0944. The van der Waals surface area contributed by atoms with Crippen LogP contribution in [0.3, 0.4) is 0 Å². The van der Waals surface area contributed by atoms with Crippen molar-refractivity contribution in [3.8, 4) is 28.4 Å². The lowest BCUT2D eigenvalue weighted by molar-refractivity contribution is -0.122. The van der Waals surface area contributed by atoms with Gasteiger partial charge in [0.1, 0.15) is 28.2 Å². The van der Waals surface area contributed by atoms with Crippen LogP contribution in [0.2, 0.25) is 0 Å². The molecule has 48 heavy (non-hydrogen) atoms. The third-order valence-corrected chi connectivity index (χ3v) is 9.58. The molecule has 4 aromatic carbocycles. The lowest BCUT2D eigenvalue weighted by Crippen LogP contribution is -2.38. The van der Waals surface area contributed by atoms with Crippen molar-refractivity contribution in [2.24, 2.45) is 0 Å². The summed E-state index contributed by atoms with van der Waals surface area (Å²) >= 11 is 6.86. The average molecular weight is 685 g/mol. The predicted molar refractivity (Wildman–Crippen MR) is 192 cm³/mol. The Balaban J connectivity index is 1.16. The lowest BCUT2D eigenvalue weighted by atomic mass is 9.98. The summed E-state index contributed by atoms with van der Waals surface area (Å²) in [6, 6.07) is 24.6. The summed E-state index contributed by atoms with van der Waals surface area (Å²) in [7, 11) is 1.66. The van der Waals surface area contributed by atoms with E-state index in [1.165, 1.54) is 23.9 Å². The number of hydrogen-bond donors (Lipinski definition) is 1. The maximum absolute atomic E-state index is 13.4. The van der Waals surface area contributed by atoms with Gasteiger partial charge in [0.05, 0.1) is 37.4 Å². The second kappa shape index (κ2) is 15.7. The Morgan fingerprint density at radius 3 is 2.44 bits per heavy atom. The van der Waals surface area contributed by atoms with Gasteiger partial charge in [-0.3, -0.25) is 14.6 Å². The van der Waals surface area contributed by atoms with Crippen molar-refractivity contribution in [3.05, 3.63) is 94.9 Å². The zero-order chi connectivity index (χ0) is 33.5. The topological polar surface area (TPSA) is 97.8 Å². The molecule has 1 amide bonds. The number of hydrogen-bond acceptors (Lipinski definition) is 9. The molecule has 2 heterocycles. The van der Waals surface area contributed by atoms with E-state index in [9.17, 15) is 9.59 Å². The lowest BCUT2D eigenvalue weighted by Gasteiger charge is -2.26. The van der Waals surface area contributed by atoms with Crippen molar-refractivity contribution in [3.63, 3.8) is 0 Å². The van der Waals surface area contributed by atoms with Gasteiger partial charge in [-0.1, -0.05) is 48.2 Å². The van der Waals surface area contributed by atoms with Crippen LogP contribution < -0.4 is 14.2 Å². The Labute approximate surface area is 289 Å². The largest absolute Gasteiger partial charge is 0.497 e. The van der Waals surface area contributed by atoms with E-state index in [0.29, 0.717) is 41.2 Å². The normalized spacial score (nSPS) is 16.1. The summed E-state index contributed by atoms with van der Waals surface area (Å²) in [5.74, 6) is 1.03. The maximum atomic E-state index is 13.4. The van der Waals surface area contributed by atoms with E-state index in [1.54, 1.807) is 24.1 Å². The third kappa shape index (κ3) is 8.16. The zero-order valence-corrected chi connectivity index (χ0v) is 28.2. The smallest absolute Gasteiger partial charge is 0.335 e. The van der Waals surface area contributed by atoms with Crippen LogP contribution in [0, 0.1) is 0 Å². The summed E-state index contributed by atoms with van der Waals surface area (Å²) in [5.41, 5.74) is 3.01. The number of methoxy groups -OCH3 is 1. The summed E-state index contributed by atoms with van der Waals surface area (Å²) in [6.07, 6.45) is 2.45. The highest BCUT2D eigenvalue weighted by Gasteiger charge is 2.31. The molecule has 2 aliphatic heterocycles. The number of rotatable bonds is 13. The molecule has 0 saturated carbocycles. The number of thiocarbonyl (C=S) groups is 1. The number of carboxylic acids is 1.